The van der Waals surface area contributed by atoms with E-state index in [-0.39, 0.29) is 0 Å². The van der Waals surface area contributed by atoms with Gasteiger partial charge in [-0.1, -0.05) is 170 Å². The third-order valence-electron chi connectivity index (χ3n) is 12.8. The van der Waals surface area contributed by atoms with Gasteiger partial charge in [0.2, 0.25) is 0 Å². The Labute approximate surface area is 390 Å². The van der Waals surface area contributed by atoms with Gasteiger partial charge in [-0.15, -0.1) is 0 Å². The summed E-state index contributed by atoms with van der Waals surface area (Å²) < 4.78 is 6.37. The molecule has 67 heavy (non-hydrogen) atoms. The Morgan fingerprint density at radius 2 is 0.597 bits per heavy atom. The molecule has 0 atom stereocenters. The molecule has 0 unspecified atom stereocenters. The van der Waals surface area contributed by atoms with Crippen molar-refractivity contribution < 1.29 is 4.42 Å². The SMILES string of the molecule is c1ccc(-c2cc(-c3ccc(N(c4ccccc4)c4ccc5c(c4)oc4ccccc45)cc3)c(-c3ccccc3)cc2-c2ccc(N(c3ccccc3)c3ccc4ccccc4c3)cc2)cc1. The molecule has 11 aromatic carbocycles. The van der Waals surface area contributed by atoms with Crippen LogP contribution in [0.3, 0.4) is 0 Å². The van der Waals surface area contributed by atoms with E-state index in [1.54, 1.807) is 0 Å². The Morgan fingerprint density at radius 3 is 1.13 bits per heavy atom. The Bertz CT molecular complexity index is 3660. The molecule has 0 bridgehead atoms. The lowest BCUT2D eigenvalue weighted by molar-refractivity contribution is 0.669. The first-order chi connectivity index (χ1) is 33.2. The van der Waals surface area contributed by atoms with Crippen LogP contribution >= 0.6 is 0 Å². The molecule has 12 aromatic rings. The number of para-hydroxylation sites is 3. The van der Waals surface area contributed by atoms with Crippen molar-refractivity contribution in [2.45, 2.75) is 0 Å². The Balaban J connectivity index is 0.973. The highest BCUT2D eigenvalue weighted by Crippen LogP contribution is 2.45. The van der Waals surface area contributed by atoms with Crippen molar-refractivity contribution in [3.8, 4) is 44.5 Å². The predicted octanol–water partition coefficient (Wildman–Crippen LogP) is 18.3. The van der Waals surface area contributed by atoms with Crippen LogP contribution in [-0.4, -0.2) is 0 Å². The molecule has 1 heterocycles. The minimum Gasteiger partial charge on any atom is -0.456 e. The minimum atomic E-state index is 0.866. The maximum absolute atomic E-state index is 6.37. The lowest BCUT2D eigenvalue weighted by Crippen LogP contribution is -2.09. The molecular formula is C64H44N2O. The summed E-state index contributed by atoms with van der Waals surface area (Å²) in [6, 6.07) is 95.6. The summed E-state index contributed by atoms with van der Waals surface area (Å²) in [5.74, 6) is 0. The molecule has 0 aliphatic carbocycles. The van der Waals surface area contributed by atoms with Crippen LogP contribution in [0.25, 0.3) is 77.2 Å². The first kappa shape index (κ1) is 39.7. The second-order valence-electron chi connectivity index (χ2n) is 16.9. The van der Waals surface area contributed by atoms with Crippen molar-refractivity contribution in [3.63, 3.8) is 0 Å². The first-order valence-electron chi connectivity index (χ1n) is 22.8. The molecule has 1 aromatic heterocycles. The van der Waals surface area contributed by atoms with Gasteiger partial charge in [-0.25, -0.2) is 0 Å². The zero-order valence-electron chi connectivity index (χ0n) is 36.7. The monoisotopic (exact) mass is 856 g/mol. The standard InChI is InChI=1S/C64H44N2O/c1-5-18-46(19-6-1)59-44-62(49-32-36-54(37-33-49)66(52-25-11-4-12-26-52)56-39-40-58-57-27-15-16-28-63(57)67-64(58)42-56)60(47-20-7-2-8-21-47)43-61(59)48-30-34-53(35-31-48)65(51-23-9-3-10-24-51)55-38-29-45-17-13-14-22-50(45)41-55/h1-44H. The summed E-state index contributed by atoms with van der Waals surface area (Å²) in [7, 11) is 0. The molecule has 0 aliphatic rings. The average Bonchev–Trinajstić information content (AvgIpc) is 3.78. The van der Waals surface area contributed by atoms with Crippen LogP contribution in [0.2, 0.25) is 0 Å². The average molecular weight is 857 g/mol. The third-order valence-corrected chi connectivity index (χ3v) is 12.8. The minimum absolute atomic E-state index is 0.866. The van der Waals surface area contributed by atoms with E-state index >= 15 is 0 Å². The number of benzene rings is 11. The molecule has 12 rings (SSSR count). The summed E-state index contributed by atoms with van der Waals surface area (Å²) in [6.07, 6.45) is 0. The number of rotatable bonds is 10. The van der Waals surface area contributed by atoms with Gasteiger partial charge in [0.05, 0.1) is 0 Å². The highest BCUT2D eigenvalue weighted by Gasteiger charge is 2.20. The molecule has 0 amide bonds. The largest absolute Gasteiger partial charge is 0.456 e. The van der Waals surface area contributed by atoms with Crippen LogP contribution in [0.4, 0.5) is 34.1 Å². The van der Waals surface area contributed by atoms with Crippen LogP contribution in [-0.2, 0) is 0 Å². The lowest BCUT2D eigenvalue weighted by atomic mass is 9.85. The van der Waals surface area contributed by atoms with Crippen LogP contribution in [0.15, 0.2) is 271 Å². The molecule has 3 nitrogen and oxygen atoms in total. The van der Waals surface area contributed by atoms with Crippen molar-refractivity contribution in [1.29, 1.82) is 0 Å². The van der Waals surface area contributed by atoms with E-state index in [2.05, 4.69) is 265 Å². The first-order valence-corrected chi connectivity index (χ1v) is 22.8. The maximum atomic E-state index is 6.37. The zero-order chi connectivity index (χ0) is 44.5. The van der Waals surface area contributed by atoms with Crippen LogP contribution in [0, 0.1) is 0 Å². The van der Waals surface area contributed by atoms with Gasteiger partial charge in [0.25, 0.3) is 0 Å². The maximum Gasteiger partial charge on any atom is 0.137 e. The molecule has 0 radical (unpaired) electrons. The highest BCUT2D eigenvalue weighted by atomic mass is 16.3. The Kier molecular flexibility index (Phi) is 10.2. The predicted molar refractivity (Wildman–Crippen MR) is 282 cm³/mol. The Morgan fingerprint density at radius 1 is 0.224 bits per heavy atom. The van der Waals surface area contributed by atoms with Gasteiger partial charge in [0, 0.05) is 51.0 Å². The van der Waals surface area contributed by atoms with Crippen molar-refractivity contribution in [2.24, 2.45) is 0 Å². The zero-order valence-corrected chi connectivity index (χ0v) is 36.7. The molecule has 0 N–H and O–H groups in total. The third kappa shape index (κ3) is 7.59. The smallest absolute Gasteiger partial charge is 0.137 e. The van der Waals surface area contributed by atoms with Gasteiger partial charge in [-0.2, -0.15) is 0 Å². The van der Waals surface area contributed by atoms with Gasteiger partial charge in [0.1, 0.15) is 11.2 Å². The van der Waals surface area contributed by atoms with Crippen LogP contribution in [0.5, 0.6) is 0 Å². The molecule has 0 fully saturated rings. The summed E-state index contributed by atoms with van der Waals surface area (Å²) >= 11 is 0. The van der Waals surface area contributed by atoms with Crippen molar-refractivity contribution in [3.05, 3.63) is 267 Å². The van der Waals surface area contributed by atoms with Crippen molar-refractivity contribution in [1.82, 2.24) is 0 Å². The molecule has 0 saturated heterocycles. The highest BCUT2D eigenvalue weighted by molar-refractivity contribution is 6.06. The van der Waals surface area contributed by atoms with E-state index in [9.17, 15) is 0 Å². The van der Waals surface area contributed by atoms with E-state index < -0.39 is 0 Å². The van der Waals surface area contributed by atoms with Crippen molar-refractivity contribution >= 4 is 66.8 Å². The molecule has 0 aliphatic heterocycles. The fourth-order valence-corrected chi connectivity index (χ4v) is 9.59. The number of nitrogens with zero attached hydrogens (tertiary/aromatic N) is 2. The molecule has 0 spiro atoms. The van der Waals surface area contributed by atoms with E-state index in [1.807, 2.05) is 12.1 Å². The van der Waals surface area contributed by atoms with Gasteiger partial charge in [-0.3, -0.25) is 0 Å². The van der Waals surface area contributed by atoms with Gasteiger partial charge >= 0.3 is 0 Å². The number of anilines is 6. The second kappa shape index (κ2) is 17.2. The number of furan rings is 1. The van der Waals surface area contributed by atoms with Crippen molar-refractivity contribution in [2.75, 3.05) is 9.80 Å². The fourth-order valence-electron chi connectivity index (χ4n) is 9.59. The van der Waals surface area contributed by atoms with Crippen LogP contribution < -0.4 is 9.80 Å². The normalized spacial score (nSPS) is 11.3. The summed E-state index contributed by atoms with van der Waals surface area (Å²) in [4.78, 5) is 4.64. The fraction of sp³-hybridized carbons (Fsp3) is 0. The molecule has 3 heteroatoms. The van der Waals surface area contributed by atoms with E-state index in [0.717, 1.165) is 78.3 Å². The van der Waals surface area contributed by atoms with Gasteiger partial charge in [-0.05, 0) is 146 Å². The number of fused-ring (bicyclic) bond motifs is 4. The summed E-state index contributed by atoms with van der Waals surface area (Å²) in [6.45, 7) is 0. The topological polar surface area (TPSA) is 19.6 Å². The van der Waals surface area contributed by atoms with Gasteiger partial charge < -0.3 is 14.2 Å². The van der Waals surface area contributed by atoms with E-state index in [1.165, 1.54) is 33.0 Å². The molecular weight excluding hydrogens is 813 g/mol. The summed E-state index contributed by atoms with van der Waals surface area (Å²) in [5, 5.41) is 4.67. The van der Waals surface area contributed by atoms with E-state index in [4.69, 9.17) is 4.42 Å². The molecule has 316 valence electrons. The number of hydrogen-bond acceptors (Lipinski definition) is 3. The Hall–Kier alpha value is -8.92. The molecule has 0 saturated carbocycles. The lowest BCUT2D eigenvalue weighted by Gasteiger charge is -2.26. The number of hydrogen-bond donors (Lipinski definition) is 0. The quantitative estimate of drug-likeness (QED) is 0.137. The second-order valence-corrected chi connectivity index (χ2v) is 16.9. The van der Waals surface area contributed by atoms with Crippen LogP contribution in [0.1, 0.15) is 0 Å². The van der Waals surface area contributed by atoms with Gasteiger partial charge in [0.15, 0.2) is 0 Å². The van der Waals surface area contributed by atoms with E-state index in [0.29, 0.717) is 0 Å². The summed E-state index contributed by atoms with van der Waals surface area (Å²) in [5.41, 5.74) is 17.5.